The first-order valence-electron chi connectivity index (χ1n) is 23.9. The topological polar surface area (TPSA) is 351 Å². The van der Waals surface area contributed by atoms with E-state index in [2.05, 4.69) is 10.6 Å². The van der Waals surface area contributed by atoms with Gasteiger partial charge in [-0.3, -0.25) is 38.4 Å². The lowest BCUT2D eigenvalue weighted by Gasteiger charge is -2.42. The first kappa shape index (κ1) is 54.5. The number of carbonyl (C=O) groups is 8. The summed E-state index contributed by atoms with van der Waals surface area (Å²) >= 11 is 0. The highest BCUT2D eigenvalue weighted by atomic mass is 16.7. The molecule has 3 aliphatic rings. The summed E-state index contributed by atoms with van der Waals surface area (Å²) in [6.45, 7) is 1.56. The number of ether oxygens (including phenoxy) is 4. The summed E-state index contributed by atoms with van der Waals surface area (Å²) in [4.78, 5) is 109. The van der Waals surface area contributed by atoms with Gasteiger partial charge >= 0.3 is 5.97 Å². The Labute approximate surface area is 424 Å². The van der Waals surface area contributed by atoms with Gasteiger partial charge in [0, 0.05) is 54.8 Å². The molecule has 392 valence electrons. The summed E-state index contributed by atoms with van der Waals surface area (Å²) in [6.07, 6.45) is -9.39. The minimum atomic E-state index is -2.56. The average molecular weight is 1020 g/mol. The summed E-state index contributed by atoms with van der Waals surface area (Å²) in [5.41, 5.74) is 8.95. The minimum Gasteiger partial charge on any atom is -0.507 e. The molecule has 0 spiro atoms. The van der Waals surface area contributed by atoms with Crippen LogP contribution in [0.3, 0.4) is 0 Å². The molecule has 0 aromatic heterocycles. The second kappa shape index (κ2) is 22.9. The zero-order valence-corrected chi connectivity index (χ0v) is 40.6. The van der Waals surface area contributed by atoms with Crippen LogP contribution in [0.15, 0.2) is 78.9 Å². The first-order valence-corrected chi connectivity index (χ1v) is 23.9. The highest BCUT2D eigenvalue weighted by molar-refractivity contribution is 6.41. The van der Waals surface area contributed by atoms with Crippen molar-refractivity contribution in [3.8, 4) is 17.2 Å². The van der Waals surface area contributed by atoms with E-state index in [1.54, 1.807) is 60.7 Å². The van der Waals surface area contributed by atoms with E-state index in [-0.39, 0.29) is 47.3 Å². The van der Waals surface area contributed by atoms with Crippen LogP contribution < -0.4 is 26.8 Å². The fourth-order valence-electron chi connectivity index (χ4n) is 9.45. The Morgan fingerprint density at radius 3 is 2.09 bits per heavy atom. The second-order valence-corrected chi connectivity index (χ2v) is 18.7. The number of phenols is 2. The van der Waals surface area contributed by atoms with Gasteiger partial charge in [0.2, 0.25) is 34.9 Å². The molecule has 5 unspecified atom stereocenters. The van der Waals surface area contributed by atoms with Crippen molar-refractivity contribution in [3.05, 3.63) is 123 Å². The first-order chi connectivity index (χ1) is 35.1. The van der Waals surface area contributed by atoms with Crippen molar-refractivity contribution in [2.45, 2.75) is 119 Å². The van der Waals surface area contributed by atoms with Gasteiger partial charge in [-0.25, -0.2) is 0 Å². The molecule has 4 aromatic rings. The number of nitrogens with two attached hydrogens (primary N) is 2. The van der Waals surface area contributed by atoms with Gasteiger partial charge in [0.15, 0.2) is 18.7 Å². The number of rotatable bonds is 20. The Hall–Kier alpha value is -7.24. The summed E-state index contributed by atoms with van der Waals surface area (Å²) in [5, 5.41) is 61.6. The largest absolute Gasteiger partial charge is 0.507 e. The number of ketones is 5. The predicted molar refractivity (Wildman–Crippen MR) is 259 cm³/mol. The number of phenolic OH excluding ortho intramolecular Hbond substituents is 2. The Bertz CT molecular complexity index is 2830. The zero-order valence-electron chi connectivity index (χ0n) is 40.6. The van der Waals surface area contributed by atoms with Crippen LogP contribution in [0.25, 0.3) is 0 Å². The zero-order chi connectivity index (χ0) is 53.8. The average Bonchev–Trinajstić information content (AvgIpc) is 3.38. The molecule has 2 aliphatic carbocycles. The highest BCUT2D eigenvalue weighted by Gasteiger charge is 2.51. The molecule has 1 fully saturated rings. The van der Waals surface area contributed by atoms with Crippen molar-refractivity contribution in [1.29, 1.82) is 0 Å². The van der Waals surface area contributed by atoms with Crippen molar-refractivity contribution in [2.75, 3.05) is 13.7 Å². The van der Waals surface area contributed by atoms with Crippen LogP contribution >= 0.6 is 0 Å². The van der Waals surface area contributed by atoms with Gasteiger partial charge in [0.05, 0.1) is 66.7 Å². The maximum atomic E-state index is 14.1. The maximum absolute atomic E-state index is 14.1. The van der Waals surface area contributed by atoms with Gasteiger partial charge in [0.1, 0.15) is 28.9 Å². The van der Waals surface area contributed by atoms with Crippen LogP contribution in [0.5, 0.6) is 17.2 Å². The monoisotopic (exact) mass is 1020 g/mol. The molecule has 11 N–H and O–H groups in total. The number of aliphatic hydroxyl groups is 3. The molecule has 74 heavy (non-hydrogen) atoms. The number of nitrogens with one attached hydrogen (secondary N) is 2. The summed E-state index contributed by atoms with van der Waals surface area (Å²) in [7, 11) is 1.28. The maximum Gasteiger partial charge on any atom is 0.306 e. The lowest BCUT2D eigenvalue weighted by Crippen LogP contribution is -2.57. The number of methoxy groups -OCH3 is 1. The number of carbonyl (C=O) groups excluding carboxylic acids is 8. The van der Waals surface area contributed by atoms with Gasteiger partial charge in [-0.1, -0.05) is 72.8 Å². The molecule has 0 radical (unpaired) electrons. The molecule has 4 aromatic carbocycles. The van der Waals surface area contributed by atoms with Crippen LogP contribution in [0.4, 0.5) is 0 Å². The molecule has 0 saturated carbocycles. The van der Waals surface area contributed by atoms with Gasteiger partial charge in [-0.05, 0) is 37.5 Å². The van der Waals surface area contributed by atoms with E-state index in [1.165, 1.54) is 32.2 Å². The Kier molecular flexibility index (Phi) is 16.9. The van der Waals surface area contributed by atoms with Crippen LogP contribution in [0.2, 0.25) is 0 Å². The van der Waals surface area contributed by atoms with E-state index in [0.717, 1.165) is 12.5 Å². The summed E-state index contributed by atoms with van der Waals surface area (Å²) < 4.78 is 22.5. The number of amides is 2. The number of fused-ring (bicyclic) bond motifs is 3. The number of hydrogen-bond acceptors (Lipinski definition) is 19. The molecule has 21 nitrogen and oxygen atoms in total. The van der Waals surface area contributed by atoms with E-state index in [1.807, 2.05) is 0 Å². The molecule has 1 saturated heterocycles. The molecular weight excluding hydrogens is 965 g/mol. The van der Waals surface area contributed by atoms with Crippen LogP contribution in [-0.2, 0) is 62.2 Å². The van der Waals surface area contributed by atoms with Gasteiger partial charge in [-0.2, -0.15) is 0 Å². The number of hydrogen-bond donors (Lipinski definition) is 9. The van der Waals surface area contributed by atoms with Gasteiger partial charge in [0.25, 0.3) is 0 Å². The lowest BCUT2D eigenvalue weighted by atomic mass is 9.72. The molecule has 7 rings (SSSR count). The molecule has 2 amide bonds. The van der Waals surface area contributed by atoms with Crippen molar-refractivity contribution in [3.63, 3.8) is 0 Å². The van der Waals surface area contributed by atoms with E-state index in [4.69, 9.17) is 30.4 Å². The number of esters is 1. The number of benzene rings is 4. The number of Topliss-reactive ketones (excluding diaryl/α,β-unsaturated/α-hetero) is 3. The third kappa shape index (κ3) is 11.6. The predicted octanol–water partition coefficient (Wildman–Crippen LogP) is 0.634. The Balaban J connectivity index is 1.03. The van der Waals surface area contributed by atoms with Crippen molar-refractivity contribution in [1.82, 2.24) is 10.6 Å². The third-order valence-corrected chi connectivity index (χ3v) is 13.5. The smallest absolute Gasteiger partial charge is 0.306 e. The van der Waals surface area contributed by atoms with E-state index >= 15 is 0 Å². The van der Waals surface area contributed by atoms with Crippen molar-refractivity contribution in [2.24, 2.45) is 11.5 Å². The van der Waals surface area contributed by atoms with E-state index in [0.29, 0.717) is 5.56 Å². The molecule has 1 heterocycles. The Morgan fingerprint density at radius 2 is 1.47 bits per heavy atom. The Morgan fingerprint density at radius 1 is 0.838 bits per heavy atom. The summed E-state index contributed by atoms with van der Waals surface area (Å²) in [5.74, 6) is -9.78. The fourth-order valence-corrected chi connectivity index (χ4v) is 9.45. The summed E-state index contributed by atoms with van der Waals surface area (Å²) in [6, 6.07) is 16.3. The molecular formula is C53H58N4O17. The minimum absolute atomic E-state index is 0.0157. The van der Waals surface area contributed by atoms with Gasteiger partial charge in [-0.15, -0.1) is 0 Å². The number of aromatic hydroxyl groups is 2. The molecule has 21 heteroatoms. The quantitative estimate of drug-likeness (QED) is 0.0293. The lowest BCUT2D eigenvalue weighted by molar-refractivity contribution is -0.247. The molecule has 0 bridgehead atoms. The third-order valence-electron chi connectivity index (χ3n) is 13.5. The van der Waals surface area contributed by atoms with E-state index in [9.17, 15) is 63.9 Å². The number of aliphatic hydroxyl groups excluding tert-OH is 2. The van der Waals surface area contributed by atoms with Crippen LogP contribution in [-0.4, -0.2) is 140 Å². The second-order valence-electron chi connectivity index (χ2n) is 18.7. The van der Waals surface area contributed by atoms with Crippen LogP contribution in [0, 0.1) is 0 Å². The van der Waals surface area contributed by atoms with Crippen LogP contribution in [0.1, 0.15) is 99.7 Å². The van der Waals surface area contributed by atoms with Crippen molar-refractivity contribution >= 4 is 46.7 Å². The van der Waals surface area contributed by atoms with Crippen molar-refractivity contribution < 1.29 is 82.8 Å². The SMILES string of the molecule is COc1cccc2c1C(=O)c1c(O)c3c(c(O)c1C2=O)C[C@@](O)(C(=O)COC(=O)CCC(=O)N[C@@H](C(=O)C(=O)[C@H](Cc1ccccc1)NC(=O)[C@@H](N)Cc1ccccc1)C(C)O)C[C@@H]3OC1CC(N)C(O)C(C)O1. The highest BCUT2D eigenvalue weighted by Crippen LogP contribution is 2.52. The van der Waals surface area contributed by atoms with E-state index < -0.39 is 162 Å². The molecule has 10 atom stereocenters. The molecule has 1 aliphatic heterocycles. The standard InChI is InChI=1S/C53H58N4O17/c1-25(58)44(51(68)48(65)33(20-28-13-8-5-9-14-28)56-52(69)32(55)19-27-11-6-4-7-12-27)57-37(60)17-18-38(61)72-24-36(59)53(70)22-30-41(35(23-53)74-39-21-31(54)45(62)26(2)73-39)50(67)43-42(47(30)64)46(63)29-15-10-16-34(71-3)40(29)49(43)66/h4-16,25-26,31-33,35,39,44-45,58,62,64,67,70H,17-24,54-55H2,1-3H3,(H,56,69)(H,57,60)/t25?,26?,31?,32-,33-,35-,39?,44+,45?,53-/m0/s1. The van der Waals surface area contributed by atoms with Gasteiger partial charge < -0.3 is 66.6 Å². The normalized spacial score (nSPS) is 22.6. The fraction of sp³-hybridized carbons (Fsp3) is 0.396.